The van der Waals surface area contributed by atoms with Crippen LogP contribution in [0.1, 0.15) is 0 Å². The lowest BCUT2D eigenvalue weighted by atomic mass is 9.73. The van der Waals surface area contributed by atoms with Gasteiger partial charge < -0.3 is 14.5 Å². The van der Waals surface area contributed by atoms with Gasteiger partial charge in [-0.05, 0) is 12.1 Å². The van der Waals surface area contributed by atoms with Crippen LogP contribution in [0.5, 0.6) is 5.75 Å². The summed E-state index contributed by atoms with van der Waals surface area (Å²) in [6.45, 7) is 3.98. The highest BCUT2D eigenvalue weighted by Crippen LogP contribution is 2.43. The molecule has 0 aliphatic carbocycles. The van der Waals surface area contributed by atoms with Gasteiger partial charge >= 0.3 is 6.03 Å². The van der Waals surface area contributed by atoms with Crippen molar-refractivity contribution in [2.24, 2.45) is 5.41 Å². The third kappa shape index (κ3) is 2.75. The molecular weight excluding hydrogens is 373 g/mol. The van der Waals surface area contributed by atoms with Crippen molar-refractivity contribution in [2.45, 2.75) is 0 Å². The molecule has 9 heteroatoms. The predicted octanol–water partition coefficient (Wildman–Crippen LogP) is 2.41. The summed E-state index contributed by atoms with van der Waals surface area (Å²) in [5.74, 6) is 0.731. The molecule has 4 heterocycles. The van der Waals surface area contributed by atoms with Gasteiger partial charge in [0.15, 0.2) is 0 Å². The first-order valence-electron chi connectivity index (χ1n) is 8.74. The minimum atomic E-state index is -0.582. The van der Waals surface area contributed by atoms with E-state index in [4.69, 9.17) is 16.3 Å². The van der Waals surface area contributed by atoms with Gasteiger partial charge in [-0.1, -0.05) is 11.6 Å². The summed E-state index contributed by atoms with van der Waals surface area (Å²) < 4.78 is 18.5. The van der Waals surface area contributed by atoms with Crippen LogP contribution in [0, 0.1) is 11.4 Å². The summed E-state index contributed by atoms with van der Waals surface area (Å²) in [4.78, 5) is 26.3. The van der Waals surface area contributed by atoms with Crippen LogP contribution in [0.3, 0.4) is 0 Å². The summed E-state index contributed by atoms with van der Waals surface area (Å²) in [6.07, 6.45) is 2.57. The van der Waals surface area contributed by atoms with Crippen LogP contribution in [-0.2, 0) is 0 Å². The second-order valence-corrected chi connectivity index (χ2v) is 7.74. The SMILES string of the molecule is O=C(N1CC2(C1)CN(c1cnc(F)cn1)C2)N1CCOc2cc(Cl)ccc21. The monoisotopic (exact) mass is 389 g/mol. The molecule has 27 heavy (non-hydrogen) atoms. The molecule has 140 valence electrons. The Morgan fingerprint density at radius 1 is 1.19 bits per heavy atom. The van der Waals surface area contributed by atoms with E-state index in [0.29, 0.717) is 42.8 Å². The summed E-state index contributed by atoms with van der Waals surface area (Å²) in [6, 6.07) is 5.32. The zero-order chi connectivity index (χ0) is 18.6. The minimum absolute atomic E-state index is 0.00692. The number of halogens is 2. The Labute approximate surface area is 160 Å². The zero-order valence-electron chi connectivity index (χ0n) is 14.4. The molecule has 2 saturated heterocycles. The Morgan fingerprint density at radius 3 is 2.74 bits per heavy atom. The molecule has 0 saturated carbocycles. The van der Waals surface area contributed by atoms with Gasteiger partial charge in [0.25, 0.3) is 0 Å². The Kier molecular flexibility index (Phi) is 3.65. The first-order valence-corrected chi connectivity index (χ1v) is 9.12. The first kappa shape index (κ1) is 16.6. The molecule has 0 N–H and O–H groups in total. The number of carbonyl (C=O) groups is 1. The van der Waals surface area contributed by atoms with Gasteiger partial charge in [0.05, 0.1) is 24.6 Å². The van der Waals surface area contributed by atoms with Crippen molar-refractivity contribution in [3.63, 3.8) is 0 Å². The van der Waals surface area contributed by atoms with Crippen molar-refractivity contribution in [3.05, 3.63) is 41.6 Å². The number of fused-ring (bicyclic) bond motifs is 1. The van der Waals surface area contributed by atoms with Crippen molar-refractivity contribution in [1.82, 2.24) is 14.9 Å². The predicted molar refractivity (Wildman–Crippen MR) is 97.9 cm³/mol. The maximum absolute atomic E-state index is 12.9. The van der Waals surface area contributed by atoms with Gasteiger partial charge in [0, 0.05) is 42.7 Å². The third-order valence-corrected chi connectivity index (χ3v) is 5.56. The smallest absolute Gasteiger partial charge is 0.324 e. The number of carbonyl (C=O) groups excluding carboxylic acids is 1. The van der Waals surface area contributed by atoms with E-state index in [1.807, 2.05) is 11.0 Å². The largest absolute Gasteiger partial charge is 0.489 e. The Morgan fingerprint density at radius 2 is 2.00 bits per heavy atom. The lowest BCUT2D eigenvalue weighted by molar-refractivity contribution is 0.00923. The molecule has 2 aromatic rings. The molecule has 5 rings (SSSR count). The maximum Gasteiger partial charge on any atom is 0.324 e. The van der Waals surface area contributed by atoms with Gasteiger partial charge in [0.1, 0.15) is 18.2 Å². The molecule has 2 fully saturated rings. The average Bonchev–Trinajstić information content (AvgIpc) is 2.59. The number of ether oxygens (including phenoxy) is 1. The highest BCUT2D eigenvalue weighted by atomic mass is 35.5. The van der Waals surface area contributed by atoms with Crippen LogP contribution in [0.2, 0.25) is 5.02 Å². The number of aromatic nitrogens is 2. The van der Waals surface area contributed by atoms with Gasteiger partial charge in [-0.15, -0.1) is 0 Å². The van der Waals surface area contributed by atoms with Crippen LogP contribution in [0.4, 0.5) is 20.7 Å². The average molecular weight is 390 g/mol. The second kappa shape index (κ2) is 5.95. The van der Waals surface area contributed by atoms with Crippen LogP contribution >= 0.6 is 11.6 Å². The molecule has 2 amide bonds. The van der Waals surface area contributed by atoms with Crippen molar-refractivity contribution in [3.8, 4) is 5.75 Å². The van der Waals surface area contributed by atoms with Crippen molar-refractivity contribution in [2.75, 3.05) is 49.1 Å². The van der Waals surface area contributed by atoms with E-state index < -0.39 is 5.95 Å². The van der Waals surface area contributed by atoms with E-state index in [-0.39, 0.29) is 11.4 Å². The number of benzene rings is 1. The minimum Gasteiger partial charge on any atom is -0.489 e. The molecule has 7 nitrogen and oxygen atoms in total. The quantitative estimate of drug-likeness (QED) is 0.749. The number of anilines is 2. The van der Waals surface area contributed by atoms with Gasteiger partial charge in [-0.3, -0.25) is 4.90 Å². The fourth-order valence-electron chi connectivity index (χ4n) is 4.06. The molecule has 3 aliphatic heterocycles. The number of nitrogens with zero attached hydrogens (tertiary/aromatic N) is 5. The maximum atomic E-state index is 12.9. The van der Waals surface area contributed by atoms with Gasteiger partial charge in [-0.2, -0.15) is 4.39 Å². The summed E-state index contributed by atoms with van der Waals surface area (Å²) in [5.41, 5.74) is 0.856. The second-order valence-electron chi connectivity index (χ2n) is 7.30. The van der Waals surface area contributed by atoms with E-state index in [0.717, 1.165) is 25.0 Å². The van der Waals surface area contributed by atoms with Crippen LogP contribution in [-0.4, -0.2) is 60.2 Å². The number of hydrogen-bond donors (Lipinski definition) is 0. The van der Waals surface area contributed by atoms with E-state index >= 15 is 0 Å². The topological polar surface area (TPSA) is 61.8 Å². The van der Waals surface area contributed by atoms with Crippen LogP contribution < -0.4 is 14.5 Å². The molecular formula is C18H17ClFN5O2. The first-order chi connectivity index (χ1) is 13.0. The highest BCUT2D eigenvalue weighted by molar-refractivity contribution is 6.30. The number of urea groups is 1. The normalized spacial score (nSPS) is 19.9. The zero-order valence-corrected chi connectivity index (χ0v) is 15.2. The summed E-state index contributed by atoms with van der Waals surface area (Å²) in [7, 11) is 0. The third-order valence-electron chi connectivity index (χ3n) is 5.32. The Bertz CT molecular complexity index is 895. The van der Waals surface area contributed by atoms with Gasteiger partial charge in [-0.25, -0.2) is 14.8 Å². The number of rotatable bonds is 1. The lowest BCUT2D eigenvalue weighted by Crippen LogP contribution is -2.74. The summed E-state index contributed by atoms with van der Waals surface area (Å²) >= 11 is 6.01. The fraction of sp³-hybridized carbons (Fsp3) is 0.389. The number of likely N-dealkylation sites (tertiary alicyclic amines) is 1. The van der Waals surface area contributed by atoms with Crippen molar-refractivity contribution >= 4 is 29.1 Å². The molecule has 0 radical (unpaired) electrons. The van der Waals surface area contributed by atoms with Gasteiger partial charge in [0.2, 0.25) is 5.95 Å². The highest BCUT2D eigenvalue weighted by Gasteiger charge is 2.54. The van der Waals surface area contributed by atoms with E-state index in [1.165, 1.54) is 6.20 Å². The molecule has 0 atom stereocenters. The molecule has 0 unspecified atom stereocenters. The standard InChI is InChI=1S/C18H17ClFN5O2/c19-12-1-2-13-14(5-12)27-4-3-25(13)17(26)24-10-18(11-24)8-23(9-18)16-7-21-15(20)6-22-16/h1-2,5-7H,3-4,8-11H2. The molecule has 1 aromatic carbocycles. The Balaban J connectivity index is 1.22. The van der Waals surface area contributed by atoms with Crippen molar-refractivity contribution in [1.29, 1.82) is 0 Å². The van der Waals surface area contributed by atoms with E-state index in [9.17, 15) is 9.18 Å². The summed E-state index contributed by atoms with van der Waals surface area (Å²) in [5, 5.41) is 0.587. The van der Waals surface area contributed by atoms with E-state index in [2.05, 4.69) is 14.9 Å². The molecule has 0 bridgehead atoms. The van der Waals surface area contributed by atoms with Crippen LogP contribution in [0.15, 0.2) is 30.6 Å². The number of amides is 2. The van der Waals surface area contributed by atoms with Crippen LogP contribution in [0.25, 0.3) is 0 Å². The number of hydrogen-bond acceptors (Lipinski definition) is 5. The molecule has 3 aliphatic rings. The fourth-order valence-corrected chi connectivity index (χ4v) is 4.22. The Hall–Kier alpha value is -2.61. The van der Waals surface area contributed by atoms with E-state index in [1.54, 1.807) is 17.0 Å². The van der Waals surface area contributed by atoms with Crippen molar-refractivity contribution < 1.29 is 13.9 Å². The molecule has 1 spiro atoms. The molecule has 1 aromatic heterocycles. The lowest BCUT2D eigenvalue weighted by Gasteiger charge is -2.60.